The standard InChI is InChI=1S/C17H23NO3/c1-16(2,3)18(12-9-14(19)20)15(21)17(10-11-17)13-7-5-4-6-8-13/h4-8H,9-12H2,1-3H3,(H,19,20). The fraction of sp³-hybridized carbons (Fsp3) is 0.529. The maximum atomic E-state index is 13.0. The molecule has 1 aromatic rings. The smallest absolute Gasteiger partial charge is 0.305 e. The van der Waals surface area contributed by atoms with Crippen molar-refractivity contribution in [2.24, 2.45) is 0 Å². The van der Waals surface area contributed by atoms with E-state index in [1.165, 1.54) is 0 Å². The van der Waals surface area contributed by atoms with E-state index in [4.69, 9.17) is 5.11 Å². The highest BCUT2D eigenvalue weighted by atomic mass is 16.4. The molecule has 1 saturated carbocycles. The van der Waals surface area contributed by atoms with E-state index >= 15 is 0 Å². The highest BCUT2D eigenvalue weighted by Gasteiger charge is 2.54. The summed E-state index contributed by atoms with van der Waals surface area (Å²) in [6.07, 6.45) is 1.67. The summed E-state index contributed by atoms with van der Waals surface area (Å²) < 4.78 is 0. The summed E-state index contributed by atoms with van der Waals surface area (Å²) in [5.41, 5.74) is 0.226. The average molecular weight is 289 g/mol. The van der Waals surface area contributed by atoms with Gasteiger partial charge in [0.15, 0.2) is 0 Å². The zero-order valence-corrected chi connectivity index (χ0v) is 12.9. The Bertz CT molecular complexity index is 527. The molecule has 1 fully saturated rings. The Kier molecular flexibility index (Phi) is 4.08. The van der Waals surface area contributed by atoms with Crippen molar-refractivity contribution in [3.8, 4) is 0 Å². The molecule has 1 amide bonds. The predicted molar refractivity (Wildman–Crippen MR) is 81.1 cm³/mol. The third-order valence-electron chi connectivity index (χ3n) is 4.09. The second-order valence-electron chi connectivity index (χ2n) is 6.72. The van der Waals surface area contributed by atoms with Gasteiger partial charge in [0.1, 0.15) is 0 Å². The molecule has 1 aliphatic carbocycles. The Hall–Kier alpha value is -1.84. The quantitative estimate of drug-likeness (QED) is 0.906. The van der Waals surface area contributed by atoms with E-state index < -0.39 is 11.4 Å². The molecule has 1 aliphatic rings. The Labute approximate surface area is 125 Å². The van der Waals surface area contributed by atoms with Gasteiger partial charge in [-0.25, -0.2) is 0 Å². The monoisotopic (exact) mass is 289 g/mol. The van der Waals surface area contributed by atoms with E-state index in [0.717, 1.165) is 18.4 Å². The van der Waals surface area contributed by atoms with Gasteiger partial charge in [0.2, 0.25) is 5.91 Å². The Balaban J connectivity index is 2.24. The highest BCUT2D eigenvalue weighted by Crippen LogP contribution is 2.50. The van der Waals surface area contributed by atoms with Crippen molar-refractivity contribution in [2.75, 3.05) is 6.54 Å². The van der Waals surface area contributed by atoms with Gasteiger partial charge in [-0.15, -0.1) is 0 Å². The number of carbonyl (C=O) groups excluding carboxylic acids is 1. The molecule has 0 atom stereocenters. The second kappa shape index (κ2) is 5.51. The molecule has 0 unspecified atom stereocenters. The molecule has 0 aromatic heterocycles. The van der Waals surface area contributed by atoms with Crippen LogP contribution in [0.5, 0.6) is 0 Å². The van der Waals surface area contributed by atoms with Crippen molar-refractivity contribution in [1.82, 2.24) is 4.90 Å². The molecule has 4 heteroatoms. The van der Waals surface area contributed by atoms with Crippen LogP contribution in [0.3, 0.4) is 0 Å². The Morgan fingerprint density at radius 2 is 1.76 bits per heavy atom. The lowest BCUT2D eigenvalue weighted by atomic mass is 9.92. The molecule has 0 bridgehead atoms. The molecule has 0 aliphatic heterocycles. The van der Waals surface area contributed by atoms with Crippen LogP contribution in [0.15, 0.2) is 30.3 Å². The molecule has 21 heavy (non-hydrogen) atoms. The summed E-state index contributed by atoms with van der Waals surface area (Å²) in [5, 5.41) is 8.91. The van der Waals surface area contributed by atoms with Crippen molar-refractivity contribution in [3.05, 3.63) is 35.9 Å². The van der Waals surface area contributed by atoms with E-state index in [1.807, 2.05) is 51.1 Å². The summed E-state index contributed by atoms with van der Waals surface area (Å²) >= 11 is 0. The number of amides is 1. The van der Waals surface area contributed by atoms with Crippen LogP contribution in [0.2, 0.25) is 0 Å². The zero-order chi connectivity index (χ0) is 15.7. The number of rotatable bonds is 5. The number of carboxylic acid groups (broad SMARTS) is 1. The summed E-state index contributed by atoms with van der Waals surface area (Å²) in [7, 11) is 0. The summed E-state index contributed by atoms with van der Waals surface area (Å²) in [6, 6.07) is 9.81. The first-order valence-electron chi connectivity index (χ1n) is 7.37. The maximum absolute atomic E-state index is 13.0. The van der Waals surface area contributed by atoms with E-state index in [2.05, 4.69) is 0 Å². The summed E-state index contributed by atoms with van der Waals surface area (Å²) in [6.45, 7) is 6.11. The van der Waals surface area contributed by atoms with Gasteiger partial charge >= 0.3 is 5.97 Å². The van der Waals surface area contributed by atoms with Crippen molar-refractivity contribution >= 4 is 11.9 Å². The van der Waals surface area contributed by atoms with E-state index in [9.17, 15) is 9.59 Å². The first-order chi connectivity index (χ1) is 9.77. The van der Waals surface area contributed by atoms with Crippen molar-refractivity contribution < 1.29 is 14.7 Å². The molecular weight excluding hydrogens is 266 g/mol. The fourth-order valence-corrected chi connectivity index (χ4v) is 2.72. The van der Waals surface area contributed by atoms with Gasteiger partial charge in [-0.2, -0.15) is 0 Å². The average Bonchev–Trinajstić information content (AvgIpc) is 3.19. The number of carboxylic acids is 1. The fourth-order valence-electron chi connectivity index (χ4n) is 2.72. The minimum Gasteiger partial charge on any atom is -0.481 e. The van der Waals surface area contributed by atoms with Gasteiger partial charge in [-0.05, 0) is 39.2 Å². The van der Waals surface area contributed by atoms with E-state index in [-0.39, 0.29) is 24.4 Å². The Morgan fingerprint density at radius 1 is 1.19 bits per heavy atom. The third kappa shape index (κ3) is 3.26. The van der Waals surface area contributed by atoms with E-state index in [1.54, 1.807) is 4.90 Å². The number of carbonyl (C=O) groups is 2. The molecule has 0 saturated heterocycles. The molecule has 1 aromatic carbocycles. The van der Waals surface area contributed by atoms with Crippen LogP contribution in [-0.2, 0) is 15.0 Å². The molecule has 0 heterocycles. The predicted octanol–water partition coefficient (Wildman–Crippen LogP) is 2.82. The number of hydrogen-bond acceptors (Lipinski definition) is 2. The summed E-state index contributed by atoms with van der Waals surface area (Å²) in [4.78, 5) is 25.6. The van der Waals surface area contributed by atoms with Gasteiger partial charge in [0, 0.05) is 12.1 Å². The normalized spacial score (nSPS) is 16.3. The minimum atomic E-state index is -0.874. The SMILES string of the molecule is CC(C)(C)N(CCC(=O)O)C(=O)C1(c2ccccc2)CC1. The van der Waals surface area contributed by atoms with Crippen LogP contribution in [0.4, 0.5) is 0 Å². The molecule has 1 N–H and O–H groups in total. The largest absolute Gasteiger partial charge is 0.481 e. The lowest BCUT2D eigenvalue weighted by Crippen LogP contribution is -2.50. The van der Waals surface area contributed by atoms with Crippen LogP contribution in [0, 0.1) is 0 Å². The second-order valence-corrected chi connectivity index (χ2v) is 6.72. The number of hydrogen-bond donors (Lipinski definition) is 1. The highest BCUT2D eigenvalue weighted by molar-refractivity contribution is 5.92. The van der Waals surface area contributed by atoms with Gasteiger partial charge in [0.25, 0.3) is 0 Å². The number of nitrogens with zero attached hydrogens (tertiary/aromatic N) is 1. The van der Waals surface area contributed by atoms with Crippen LogP contribution >= 0.6 is 0 Å². The van der Waals surface area contributed by atoms with Crippen molar-refractivity contribution in [2.45, 2.75) is 51.0 Å². The maximum Gasteiger partial charge on any atom is 0.305 e. The van der Waals surface area contributed by atoms with Crippen LogP contribution < -0.4 is 0 Å². The van der Waals surface area contributed by atoms with Gasteiger partial charge < -0.3 is 10.0 Å². The lowest BCUT2D eigenvalue weighted by Gasteiger charge is -2.38. The van der Waals surface area contributed by atoms with Crippen molar-refractivity contribution in [3.63, 3.8) is 0 Å². The van der Waals surface area contributed by atoms with Gasteiger partial charge in [0.05, 0.1) is 11.8 Å². The van der Waals surface area contributed by atoms with Gasteiger partial charge in [-0.1, -0.05) is 30.3 Å². The van der Waals surface area contributed by atoms with Crippen LogP contribution in [-0.4, -0.2) is 34.0 Å². The molecule has 0 spiro atoms. The zero-order valence-electron chi connectivity index (χ0n) is 12.9. The number of aliphatic carboxylic acids is 1. The molecule has 0 radical (unpaired) electrons. The van der Waals surface area contributed by atoms with Crippen molar-refractivity contribution in [1.29, 1.82) is 0 Å². The van der Waals surface area contributed by atoms with Gasteiger partial charge in [-0.3, -0.25) is 9.59 Å². The van der Waals surface area contributed by atoms with Crippen LogP contribution in [0.25, 0.3) is 0 Å². The Morgan fingerprint density at radius 3 is 2.19 bits per heavy atom. The minimum absolute atomic E-state index is 0.0200. The first-order valence-corrected chi connectivity index (χ1v) is 7.37. The topological polar surface area (TPSA) is 57.6 Å². The summed E-state index contributed by atoms with van der Waals surface area (Å²) in [5.74, 6) is -0.816. The van der Waals surface area contributed by atoms with Crippen LogP contribution in [0.1, 0.15) is 45.6 Å². The first kappa shape index (κ1) is 15.5. The molecular formula is C17H23NO3. The molecule has 4 nitrogen and oxygen atoms in total. The number of benzene rings is 1. The molecule has 114 valence electrons. The molecule has 2 rings (SSSR count). The third-order valence-corrected chi connectivity index (χ3v) is 4.09. The van der Waals surface area contributed by atoms with E-state index in [0.29, 0.717) is 0 Å². The lowest BCUT2D eigenvalue weighted by molar-refractivity contribution is -0.142.